The number of nitrogens with one attached hydrogen (secondary N) is 1. The van der Waals surface area contributed by atoms with E-state index in [0.29, 0.717) is 5.02 Å². The Bertz CT molecular complexity index is 695. The van der Waals surface area contributed by atoms with E-state index >= 15 is 0 Å². The lowest BCUT2D eigenvalue weighted by Crippen LogP contribution is -2.36. The third-order valence-electron chi connectivity index (χ3n) is 3.93. The molecular formula is C18H18ClNO. The molecule has 1 aromatic carbocycles. The lowest BCUT2D eigenvalue weighted by atomic mass is 9.87. The predicted molar refractivity (Wildman–Crippen MR) is 88.0 cm³/mol. The van der Waals surface area contributed by atoms with Crippen LogP contribution in [-0.2, 0) is 0 Å². The van der Waals surface area contributed by atoms with Crippen LogP contribution in [0.3, 0.4) is 0 Å². The van der Waals surface area contributed by atoms with Crippen LogP contribution in [-0.4, -0.2) is 17.3 Å². The van der Waals surface area contributed by atoms with E-state index in [1.807, 2.05) is 30.3 Å². The zero-order valence-electron chi connectivity index (χ0n) is 12.1. The predicted octanol–water partition coefficient (Wildman–Crippen LogP) is 3.85. The van der Waals surface area contributed by atoms with Crippen LogP contribution in [0.25, 0.3) is 5.70 Å². The topological polar surface area (TPSA) is 32.3 Å². The Morgan fingerprint density at radius 3 is 2.76 bits per heavy atom. The Hall–Kier alpha value is -1.77. The molecule has 2 nitrogen and oxygen atoms in total. The second-order valence-corrected chi connectivity index (χ2v) is 5.88. The number of hydrogen-bond acceptors (Lipinski definition) is 2. The van der Waals surface area contributed by atoms with E-state index in [9.17, 15) is 5.11 Å². The quantitative estimate of drug-likeness (QED) is 0.869. The molecule has 108 valence electrons. The largest absolute Gasteiger partial charge is 0.389 e. The van der Waals surface area contributed by atoms with Crippen LogP contribution in [0.2, 0.25) is 5.02 Å². The first-order valence-corrected chi connectivity index (χ1v) is 7.46. The molecule has 3 heteroatoms. The maximum atomic E-state index is 10.1. The number of fused-ring (bicyclic) bond motifs is 1. The Labute approximate surface area is 130 Å². The van der Waals surface area contributed by atoms with Crippen LogP contribution in [0.4, 0.5) is 0 Å². The number of aliphatic hydroxyl groups excluding tert-OH is 1. The van der Waals surface area contributed by atoms with Crippen molar-refractivity contribution in [2.75, 3.05) is 0 Å². The molecular weight excluding hydrogens is 282 g/mol. The summed E-state index contributed by atoms with van der Waals surface area (Å²) in [7, 11) is 0. The van der Waals surface area contributed by atoms with Crippen molar-refractivity contribution < 1.29 is 5.11 Å². The first kappa shape index (κ1) is 14.2. The molecule has 21 heavy (non-hydrogen) atoms. The van der Waals surface area contributed by atoms with Crippen LogP contribution in [0.1, 0.15) is 19.4 Å². The molecule has 2 atom stereocenters. The monoisotopic (exact) mass is 299 g/mol. The Morgan fingerprint density at radius 1 is 1.29 bits per heavy atom. The first-order chi connectivity index (χ1) is 10.1. The maximum absolute atomic E-state index is 10.1. The van der Waals surface area contributed by atoms with Gasteiger partial charge in [-0.15, -0.1) is 0 Å². The molecule has 0 saturated heterocycles. The van der Waals surface area contributed by atoms with Gasteiger partial charge in [0, 0.05) is 21.9 Å². The van der Waals surface area contributed by atoms with Crippen LogP contribution in [0.15, 0.2) is 65.3 Å². The second kappa shape index (κ2) is 5.55. The van der Waals surface area contributed by atoms with E-state index in [-0.39, 0.29) is 6.04 Å². The van der Waals surface area contributed by atoms with Gasteiger partial charge in [-0.25, -0.2) is 0 Å². The summed E-state index contributed by atoms with van der Waals surface area (Å²) in [6.45, 7) is 3.88. The Morgan fingerprint density at radius 2 is 2.05 bits per heavy atom. The highest BCUT2D eigenvalue weighted by molar-refractivity contribution is 6.32. The molecule has 0 aromatic heterocycles. The highest BCUT2D eigenvalue weighted by Gasteiger charge is 2.26. The van der Waals surface area contributed by atoms with Gasteiger partial charge in [-0.1, -0.05) is 48.0 Å². The van der Waals surface area contributed by atoms with Gasteiger partial charge in [-0.05, 0) is 37.1 Å². The number of benzene rings is 1. The van der Waals surface area contributed by atoms with Crippen molar-refractivity contribution in [3.05, 3.63) is 75.9 Å². The molecule has 3 rings (SSSR count). The van der Waals surface area contributed by atoms with E-state index in [0.717, 1.165) is 16.8 Å². The van der Waals surface area contributed by atoms with Crippen molar-refractivity contribution in [2.45, 2.75) is 26.0 Å². The minimum absolute atomic E-state index is 0.142. The van der Waals surface area contributed by atoms with E-state index in [2.05, 4.69) is 30.5 Å². The zero-order valence-corrected chi connectivity index (χ0v) is 12.9. The molecule has 0 fully saturated rings. The van der Waals surface area contributed by atoms with Gasteiger partial charge >= 0.3 is 0 Å². The standard InChI is InChI=1S/C18H18ClNO/c1-11-6-5-7-13-10-15(12(2)21)18(20-17(11)13)14-8-3-4-9-16(14)19/h3-10,12,17,20-21H,1-2H3. The molecule has 0 saturated carbocycles. The number of allylic oxidation sites excluding steroid dienone is 2. The zero-order chi connectivity index (χ0) is 15.0. The van der Waals surface area contributed by atoms with Crippen LogP contribution >= 0.6 is 11.6 Å². The summed E-state index contributed by atoms with van der Waals surface area (Å²) in [5.41, 5.74) is 5.12. The molecule has 0 radical (unpaired) electrons. The number of dihydropyridines is 1. The molecule has 0 amide bonds. The molecule has 1 aliphatic heterocycles. The van der Waals surface area contributed by atoms with Crippen LogP contribution in [0.5, 0.6) is 0 Å². The van der Waals surface area contributed by atoms with E-state index in [1.54, 1.807) is 6.92 Å². The molecule has 0 spiro atoms. The Balaban J connectivity index is 2.15. The SMILES string of the molecule is CC1=CC=CC2=CC(C(C)O)=C(c3ccccc3Cl)NC12. The highest BCUT2D eigenvalue weighted by atomic mass is 35.5. The average molecular weight is 300 g/mol. The summed E-state index contributed by atoms with van der Waals surface area (Å²) in [4.78, 5) is 0. The number of hydrogen-bond donors (Lipinski definition) is 2. The van der Waals surface area contributed by atoms with Gasteiger partial charge in [0.15, 0.2) is 0 Å². The van der Waals surface area contributed by atoms with Crippen molar-refractivity contribution in [1.82, 2.24) is 5.32 Å². The van der Waals surface area contributed by atoms with Gasteiger partial charge < -0.3 is 10.4 Å². The molecule has 2 aliphatic rings. The van der Waals surface area contributed by atoms with E-state index in [4.69, 9.17) is 11.6 Å². The van der Waals surface area contributed by atoms with Crippen molar-refractivity contribution in [2.24, 2.45) is 0 Å². The third-order valence-corrected chi connectivity index (χ3v) is 4.26. The highest BCUT2D eigenvalue weighted by Crippen LogP contribution is 2.34. The third kappa shape index (κ3) is 2.57. The summed E-state index contributed by atoms with van der Waals surface area (Å²) in [6.07, 6.45) is 7.73. The molecule has 2 unspecified atom stereocenters. The molecule has 0 bridgehead atoms. The second-order valence-electron chi connectivity index (χ2n) is 5.48. The van der Waals surface area contributed by atoms with E-state index in [1.165, 1.54) is 11.1 Å². The minimum atomic E-state index is -0.558. The lowest BCUT2D eigenvalue weighted by Gasteiger charge is -2.32. The van der Waals surface area contributed by atoms with Crippen molar-refractivity contribution in [3.8, 4) is 0 Å². The van der Waals surface area contributed by atoms with E-state index < -0.39 is 6.10 Å². The van der Waals surface area contributed by atoms with Crippen LogP contribution < -0.4 is 5.32 Å². The van der Waals surface area contributed by atoms with Crippen molar-refractivity contribution >= 4 is 17.3 Å². The number of rotatable bonds is 2. The molecule has 1 heterocycles. The summed E-state index contributed by atoms with van der Waals surface area (Å²) < 4.78 is 0. The van der Waals surface area contributed by atoms with Gasteiger partial charge in [0.2, 0.25) is 0 Å². The molecule has 1 aliphatic carbocycles. The summed E-state index contributed by atoms with van der Waals surface area (Å²) >= 11 is 6.33. The molecule has 2 N–H and O–H groups in total. The van der Waals surface area contributed by atoms with Crippen molar-refractivity contribution in [1.29, 1.82) is 0 Å². The van der Waals surface area contributed by atoms with Gasteiger partial charge in [-0.2, -0.15) is 0 Å². The smallest absolute Gasteiger partial charge is 0.0782 e. The summed E-state index contributed by atoms with van der Waals surface area (Å²) in [5, 5.41) is 14.4. The fourth-order valence-electron chi connectivity index (χ4n) is 2.80. The van der Waals surface area contributed by atoms with Crippen molar-refractivity contribution in [3.63, 3.8) is 0 Å². The first-order valence-electron chi connectivity index (χ1n) is 7.08. The minimum Gasteiger partial charge on any atom is -0.389 e. The van der Waals surface area contributed by atoms with Gasteiger partial charge in [-0.3, -0.25) is 0 Å². The summed E-state index contributed by atoms with van der Waals surface area (Å²) in [6, 6.07) is 7.85. The number of halogens is 1. The maximum Gasteiger partial charge on any atom is 0.0782 e. The normalized spacial score (nSPS) is 22.2. The molecule has 1 aromatic rings. The Kier molecular flexibility index (Phi) is 3.75. The fraction of sp³-hybridized carbons (Fsp3) is 0.222. The lowest BCUT2D eigenvalue weighted by molar-refractivity contribution is 0.235. The fourth-order valence-corrected chi connectivity index (χ4v) is 3.03. The van der Waals surface area contributed by atoms with Gasteiger partial charge in [0.25, 0.3) is 0 Å². The number of aliphatic hydroxyl groups is 1. The van der Waals surface area contributed by atoms with Crippen LogP contribution in [0, 0.1) is 0 Å². The van der Waals surface area contributed by atoms with Gasteiger partial charge in [0.1, 0.15) is 0 Å². The van der Waals surface area contributed by atoms with Gasteiger partial charge in [0.05, 0.1) is 12.1 Å². The summed E-state index contributed by atoms with van der Waals surface area (Å²) in [5.74, 6) is 0. The average Bonchev–Trinajstić information content (AvgIpc) is 2.47.